The quantitative estimate of drug-likeness (QED) is 0.846. The maximum absolute atomic E-state index is 13.4. The zero-order valence-electron chi connectivity index (χ0n) is 11.4. The van der Waals surface area contributed by atoms with Crippen molar-refractivity contribution in [2.24, 2.45) is 0 Å². The highest BCUT2D eigenvalue weighted by Crippen LogP contribution is 2.44. The van der Waals surface area contributed by atoms with Crippen molar-refractivity contribution in [1.82, 2.24) is 5.32 Å². The molecule has 110 valence electrons. The fourth-order valence-corrected chi connectivity index (χ4v) is 3.35. The molecule has 2 nitrogen and oxygen atoms in total. The van der Waals surface area contributed by atoms with Gasteiger partial charge < -0.3 is 10.1 Å². The van der Waals surface area contributed by atoms with Gasteiger partial charge in [-0.3, -0.25) is 0 Å². The summed E-state index contributed by atoms with van der Waals surface area (Å²) < 4.78 is 19.4. The molecule has 0 bridgehead atoms. The summed E-state index contributed by atoms with van der Waals surface area (Å²) in [5.41, 5.74) is 1.59. The molecule has 0 amide bonds. The summed E-state index contributed by atoms with van der Waals surface area (Å²) in [5, 5.41) is 4.35. The molecular weight excluding hydrogens is 312 g/mol. The van der Waals surface area contributed by atoms with Crippen molar-refractivity contribution < 1.29 is 9.13 Å². The predicted octanol–water partition coefficient (Wildman–Crippen LogP) is 4.92. The Hall–Kier alpha value is -1.29. The monoisotopic (exact) mass is 325 g/mol. The van der Waals surface area contributed by atoms with Gasteiger partial charge in [-0.05, 0) is 37.4 Å². The van der Waals surface area contributed by atoms with Gasteiger partial charge >= 0.3 is 0 Å². The van der Waals surface area contributed by atoms with Gasteiger partial charge in [0.2, 0.25) is 0 Å². The number of ether oxygens (including phenoxy) is 1. The van der Waals surface area contributed by atoms with Gasteiger partial charge in [0, 0.05) is 33.6 Å². The zero-order valence-corrected chi connectivity index (χ0v) is 12.9. The van der Waals surface area contributed by atoms with Gasteiger partial charge in [0.1, 0.15) is 17.7 Å². The lowest BCUT2D eigenvalue weighted by Crippen LogP contribution is -2.27. The number of rotatable bonds is 2. The SMILES string of the molecule is CNC1CC(c2c(Cl)cccc2Cl)Oc2ccc(F)cc21. The number of benzene rings is 2. The largest absolute Gasteiger partial charge is 0.485 e. The minimum Gasteiger partial charge on any atom is -0.485 e. The lowest BCUT2D eigenvalue weighted by Gasteiger charge is -2.33. The van der Waals surface area contributed by atoms with Crippen molar-refractivity contribution in [2.75, 3.05) is 7.05 Å². The van der Waals surface area contributed by atoms with Crippen LogP contribution < -0.4 is 10.1 Å². The number of halogens is 3. The second-order valence-electron chi connectivity index (χ2n) is 5.00. The summed E-state index contributed by atoms with van der Waals surface area (Å²) in [6.45, 7) is 0. The van der Waals surface area contributed by atoms with Crippen LogP contribution in [0.25, 0.3) is 0 Å². The van der Waals surface area contributed by atoms with Crippen LogP contribution in [-0.2, 0) is 0 Å². The minimum atomic E-state index is -0.271. The van der Waals surface area contributed by atoms with E-state index >= 15 is 0 Å². The van der Waals surface area contributed by atoms with Gasteiger partial charge in [0.25, 0.3) is 0 Å². The van der Waals surface area contributed by atoms with E-state index in [-0.39, 0.29) is 18.0 Å². The molecule has 0 radical (unpaired) electrons. The summed E-state index contributed by atoms with van der Waals surface area (Å²) in [6.07, 6.45) is 0.373. The van der Waals surface area contributed by atoms with Crippen LogP contribution in [0, 0.1) is 5.82 Å². The van der Waals surface area contributed by atoms with Crippen molar-refractivity contribution in [3.63, 3.8) is 0 Å². The minimum absolute atomic E-state index is 0.0122. The Morgan fingerprint density at radius 2 is 1.90 bits per heavy atom. The van der Waals surface area contributed by atoms with Crippen molar-refractivity contribution in [2.45, 2.75) is 18.6 Å². The highest BCUT2D eigenvalue weighted by molar-refractivity contribution is 6.36. The first-order chi connectivity index (χ1) is 10.1. The smallest absolute Gasteiger partial charge is 0.128 e. The van der Waals surface area contributed by atoms with Gasteiger partial charge in [-0.2, -0.15) is 0 Å². The summed E-state index contributed by atoms with van der Waals surface area (Å²) in [5.74, 6) is 0.384. The van der Waals surface area contributed by atoms with Gasteiger partial charge in [-0.1, -0.05) is 29.3 Å². The molecule has 1 aliphatic rings. The molecule has 1 heterocycles. The van der Waals surface area contributed by atoms with Crippen LogP contribution in [-0.4, -0.2) is 7.05 Å². The third-order valence-electron chi connectivity index (χ3n) is 3.74. The summed E-state index contributed by atoms with van der Waals surface area (Å²) in [6, 6.07) is 9.91. The first kappa shape index (κ1) is 14.6. The molecule has 2 aromatic rings. The van der Waals surface area contributed by atoms with Crippen LogP contribution >= 0.6 is 23.2 Å². The van der Waals surface area contributed by atoms with Crippen LogP contribution in [0.15, 0.2) is 36.4 Å². The highest BCUT2D eigenvalue weighted by atomic mass is 35.5. The zero-order chi connectivity index (χ0) is 15.0. The van der Waals surface area contributed by atoms with E-state index in [1.165, 1.54) is 12.1 Å². The Bertz CT molecular complexity index is 657. The Labute approximate surface area is 132 Å². The predicted molar refractivity (Wildman–Crippen MR) is 82.6 cm³/mol. The molecule has 2 atom stereocenters. The molecule has 0 spiro atoms. The second-order valence-corrected chi connectivity index (χ2v) is 5.82. The Balaban J connectivity index is 2.03. The highest BCUT2D eigenvalue weighted by Gasteiger charge is 2.31. The fraction of sp³-hybridized carbons (Fsp3) is 0.250. The Morgan fingerprint density at radius 1 is 1.19 bits per heavy atom. The summed E-state index contributed by atoms with van der Waals surface area (Å²) in [4.78, 5) is 0. The molecule has 0 fully saturated rings. The van der Waals surface area contributed by atoms with Crippen LogP contribution in [0.5, 0.6) is 5.75 Å². The molecule has 0 saturated carbocycles. The first-order valence-electron chi connectivity index (χ1n) is 6.67. The molecule has 3 rings (SSSR count). The average Bonchev–Trinajstić information content (AvgIpc) is 2.46. The van der Waals surface area contributed by atoms with Gasteiger partial charge in [0.05, 0.1) is 0 Å². The molecule has 1 aliphatic heterocycles. The molecular formula is C16H14Cl2FNO. The lowest BCUT2D eigenvalue weighted by molar-refractivity contribution is 0.153. The van der Waals surface area contributed by atoms with Crippen molar-refractivity contribution in [3.8, 4) is 5.75 Å². The van der Waals surface area contributed by atoms with Crippen LogP contribution in [0.4, 0.5) is 4.39 Å². The number of hydrogen-bond donors (Lipinski definition) is 1. The van der Waals surface area contributed by atoms with Crippen molar-refractivity contribution in [1.29, 1.82) is 0 Å². The fourth-order valence-electron chi connectivity index (χ4n) is 2.71. The molecule has 21 heavy (non-hydrogen) atoms. The normalized spacial score (nSPS) is 20.8. The number of hydrogen-bond acceptors (Lipinski definition) is 2. The molecule has 0 aromatic heterocycles. The van der Waals surface area contributed by atoms with E-state index in [2.05, 4.69) is 5.32 Å². The molecule has 0 saturated heterocycles. The van der Waals surface area contributed by atoms with Gasteiger partial charge in [-0.25, -0.2) is 4.39 Å². The summed E-state index contributed by atoms with van der Waals surface area (Å²) in [7, 11) is 1.84. The second kappa shape index (κ2) is 5.84. The van der Waals surface area contributed by atoms with E-state index < -0.39 is 0 Å². The third kappa shape index (κ3) is 2.73. The van der Waals surface area contributed by atoms with E-state index in [4.69, 9.17) is 27.9 Å². The maximum Gasteiger partial charge on any atom is 0.128 e. The Morgan fingerprint density at radius 3 is 2.57 bits per heavy atom. The molecule has 5 heteroatoms. The molecule has 0 aliphatic carbocycles. The average molecular weight is 326 g/mol. The van der Waals surface area contributed by atoms with Crippen LogP contribution in [0.3, 0.4) is 0 Å². The van der Waals surface area contributed by atoms with E-state index in [1.807, 2.05) is 7.05 Å². The van der Waals surface area contributed by atoms with Crippen LogP contribution in [0.1, 0.15) is 29.7 Å². The maximum atomic E-state index is 13.4. The molecule has 2 unspecified atom stereocenters. The van der Waals surface area contributed by atoms with Gasteiger partial charge in [-0.15, -0.1) is 0 Å². The van der Waals surface area contributed by atoms with E-state index in [9.17, 15) is 4.39 Å². The van der Waals surface area contributed by atoms with E-state index in [0.717, 1.165) is 11.1 Å². The van der Waals surface area contributed by atoms with Gasteiger partial charge in [0.15, 0.2) is 0 Å². The van der Waals surface area contributed by atoms with Crippen molar-refractivity contribution in [3.05, 3.63) is 63.4 Å². The summed E-state index contributed by atoms with van der Waals surface area (Å²) >= 11 is 12.5. The number of nitrogens with one attached hydrogen (secondary N) is 1. The third-order valence-corrected chi connectivity index (χ3v) is 4.40. The standard InChI is InChI=1S/C16H14Cl2FNO/c1-20-13-8-15(16-11(17)3-2-4-12(16)18)21-14-6-5-9(19)7-10(13)14/h2-7,13,15,20H,8H2,1H3. The van der Waals surface area contributed by atoms with E-state index in [0.29, 0.717) is 22.2 Å². The number of fused-ring (bicyclic) bond motifs is 1. The Kier molecular flexibility index (Phi) is 4.07. The van der Waals surface area contributed by atoms with Crippen LogP contribution in [0.2, 0.25) is 10.0 Å². The van der Waals surface area contributed by atoms with E-state index in [1.54, 1.807) is 24.3 Å². The topological polar surface area (TPSA) is 21.3 Å². The lowest BCUT2D eigenvalue weighted by atomic mass is 9.93. The first-order valence-corrected chi connectivity index (χ1v) is 7.43. The van der Waals surface area contributed by atoms with Crippen molar-refractivity contribution >= 4 is 23.2 Å². The molecule has 2 aromatic carbocycles. The molecule has 1 N–H and O–H groups in total.